The Morgan fingerprint density at radius 2 is 2.29 bits per heavy atom. The fraction of sp³-hybridized carbons (Fsp3) is 0.647. The van der Waals surface area contributed by atoms with E-state index in [-0.39, 0.29) is 5.60 Å². The Labute approximate surface area is 135 Å². The number of hydrogen-bond acceptors (Lipinski definition) is 3. The van der Waals surface area contributed by atoms with Gasteiger partial charge in [-0.15, -0.1) is 0 Å². The minimum atomic E-state index is -0.0699. The Bertz CT molecular complexity index is 508. The Kier molecular flexibility index (Phi) is 4.57. The highest BCUT2D eigenvalue weighted by Crippen LogP contribution is 2.47. The van der Waals surface area contributed by atoms with Crippen LogP contribution < -0.4 is 10.1 Å². The molecule has 3 atom stereocenters. The normalized spacial score (nSPS) is 31.8. The third-order valence-electron chi connectivity index (χ3n) is 4.80. The molecule has 0 bridgehead atoms. The van der Waals surface area contributed by atoms with E-state index in [4.69, 9.17) is 9.47 Å². The Balaban J connectivity index is 1.92. The molecule has 0 radical (unpaired) electrons. The third-order valence-corrected chi connectivity index (χ3v) is 5.29. The molecule has 0 aromatic heterocycles. The SMILES string of the molecule is CCNC1CC2(CCCC(OC)C2)Oc2cc(Br)ccc21. The van der Waals surface area contributed by atoms with Crippen molar-refractivity contribution in [1.82, 2.24) is 5.32 Å². The molecule has 1 aliphatic carbocycles. The highest BCUT2D eigenvalue weighted by Gasteiger charge is 2.44. The zero-order valence-corrected chi connectivity index (χ0v) is 14.4. The predicted octanol–water partition coefficient (Wildman–Crippen LogP) is 4.21. The highest BCUT2D eigenvalue weighted by atomic mass is 79.9. The predicted molar refractivity (Wildman–Crippen MR) is 87.8 cm³/mol. The molecule has 1 N–H and O–H groups in total. The second-order valence-corrected chi connectivity index (χ2v) is 7.15. The Morgan fingerprint density at radius 3 is 3.05 bits per heavy atom. The molecule has 1 fully saturated rings. The van der Waals surface area contributed by atoms with Gasteiger partial charge in [0.15, 0.2) is 0 Å². The van der Waals surface area contributed by atoms with Crippen LogP contribution in [0.1, 0.15) is 50.6 Å². The van der Waals surface area contributed by atoms with Gasteiger partial charge in [-0.2, -0.15) is 0 Å². The van der Waals surface area contributed by atoms with E-state index in [0.717, 1.165) is 42.5 Å². The minimum Gasteiger partial charge on any atom is -0.487 e. The molecule has 116 valence electrons. The average molecular weight is 354 g/mol. The molecule has 21 heavy (non-hydrogen) atoms. The van der Waals surface area contributed by atoms with E-state index < -0.39 is 0 Å². The third kappa shape index (κ3) is 3.13. The average Bonchev–Trinajstić information content (AvgIpc) is 2.47. The molecule has 1 aromatic carbocycles. The maximum atomic E-state index is 6.50. The zero-order chi connectivity index (χ0) is 14.9. The van der Waals surface area contributed by atoms with E-state index in [1.807, 2.05) is 7.11 Å². The monoisotopic (exact) mass is 353 g/mol. The molecule has 1 heterocycles. The lowest BCUT2D eigenvalue weighted by Crippen LogP contribution is -2.48. The first-order valence-corrected chi connectivity index (χ1v) is 8.70. The summed E-state index contributed by atoms with van der Waals surface area (Å²) < 4.78 is 13.2. The quantitative estimate of drug-likeness (QED) is 0.882. The van der Waals surface area contributed by atoms with Crippen LogP contribution >= 0.6 is 15.9 Å². The van der Waals surface area contributed by atoms with E-state index in [1.54, 1.807) is 0 Å². The summed E-state index contributed by atoms with van der Waals surface area (Å²) >= 11 is 3.56. The number of ether oxygens (including phenoxy) is 2. The lowest BCUT2D eigenvalue weighted by molar-refractivity contribution is -0.0601. The summed E-state index contributed by atoms with van der Waals surface area (Å²) in [7, 11) is 1.82. The molecule has 3 nitrogen and oxygen atoms in total. The van der Waals surface area contributed by atoms with Crippen LogP contribution in [0, 0.1) is 0 Å². The van der Waals surface area contributed by atoms with E-state index in [0.29, 0.717) is 12.1 Å². The van der Waals surface area contributed by atoms with Gasteiger partial charge in [-0.3, -0.25) is 0 Å². The van der Waals surface area contributed by atoms with Crippen molar-refractivity contribution in [2.45, 2.75) is 56.8 Å². The second-order valence-electron chi connectivity index (χ2n) is 6.24. The zero-order valence-electron chi connectivity index (χ0n) is 12.8. The van der Waals surface area contributed by atoms with Gasteiger partial charge >= 0.3 is 0 Å². The first-order chi connectivity index (χ1) is 10.2. The first-order valence-electron chi connectivity index (χ1n) is 7.90. The maximum Gasteiger partial charge on any atom is 0.126 e. The standard InChI is InChI=1S/C17H24BrNO2/c1-3-19-15-11-17(8-4-5-13(10-17)20-2)21-16-9-12(18)6-7-14(15)16/h6-7,9,13,15,19H,3-5,8,10-11H2,1-2H3. The lowest BCUT2D eigenvalue weighted by Gasteiger charge is -2.46. The van der Waals surface area contributed by atoms with Crippen LogP contribution in [0.2, 0.25) is 0 Å². The summed E-state index contributed by atoms with van der Waals surface area (Å²) in [6.07, 6.45) is 5.82. The van der Waals surface area contributed by atoms with Crippen molar-refractivity contribution in [3.8, 4) is 5.75 Å². The summed E-state index contributed by atoms with van der Waals surface area (Å²) in [5.41, 5.74) is 1.21. The largest absolute Gasteiger partial charge is 0.487 e. The van der Waals surface area contributed by atoms with Crippen molar-refractivity contribution < 1.29 is 9.47 Å². The van der Waals surface area contributed by atoms with Gasteiger partial charge in [0.1, 0.15) is 11.4 Å². The summed E-state index contributed by atoms with van der Waals surface area (Å²) in [4.78, 5) is 0. The number of fused-ring (bicyclic) bond motifs is 1. The number of benzene rings is 1. The van der Waals surface area contributed by atoms with Gasteiger partial charge in [-0.05, 0) is 37.9 Å². The molecule has 4 heteroatoms. The van der Waals surface area contributed by atoms with Crippen LogP contribution in [0.15, 0.2) is 22.7 Å². The van der Waals surface area contributed by atoms with Crippen molar-refractivity contribution >= 4 is 15.9 Å². The van der Waals surface area contributed by atoms with Gasteiger partial charge in [-0.1, -0.05) is 28.9 Å². The molecular formula is C17H24BrNO2. The van der Waals surface area contributed by atoms with Gasteiger partial charge in [-0.25, -0.2) is 0 Å². The fourth-order valence-electron chi connectivity index (χ4n) is 3.82. The van der Waals surface area contributed by atoms with Crippen molar-refractivity contribution in [3.05, 3.63) is 28.2 Å². The molecule has 1 aliphatic heterocycles. The van der Waals surface area contributed by atoms with Gasteiger partial charge in [0, 0.05) is 36.0 Å². The minimum absolute atomic E-state index is 0.0699. The molecule has 0 amide bonds. The molecule has 1 spiro atoms. The number of nitrogens with one attached hydrogen (secondary N) is 1. The summed E-state index contributed by atoms with van der Waals surface area (Å²) in [5, 5.41) is 3.63. The Morgan fingerprint density at radius 1 is 1.43 bits per heavy atom. The molecular weight excluding hydrogens is 330 g/mol. The number of halogens is 1. The molecule has 2 aliphatic rings. The molecule has 0 saturated heterocycles. The van der Waals surface area contributed by atoms with Crippen LogP contribution in [-0.2, 0) is 4.74 Å². The Hall–Kier alpha value is -0.580. The van der Waals surface area contributed by atoms with E-state index in [9.17, 15) is 0 Å². The lowest BCUT2D eigenvalue weighted by atomic mass is 9.76. The molecule has 3 rings (SSSR count). The maximum absolute atomic E-state index is 6.50. The van der Waals surface area contributed by atoms with Crippen LogP contribution in [0.25, 0.3) is 0 Å². The van der Waals surface area contributed by atoms with E-state index >= 15 is 0 Å². The van der Waals surface area contributed by atoms with E-state index in [2.05, 4.69) is 46.4 Å². The first kappa shape index (κ1) is 15.3. The number of rotatable bonds is 3. The molecule has 3 unspecified atom stereocenters. The van der Waals surface area contributed by atoms with Crippen molar-refractivity contribution in [3.63, 3.8) is 0 Å². The van der Waals surface area contributed by atoms with Crippen LogP contribution in [0.4, 0.5) is 0 Å². The second kappa shape index (κ2) is 6.27. The summed E-state index contributed by atoms with van der Waals surface area (Å²) in [5.74, 6) is 1.03. The number of hydrogen-bond donors (Lipinski definition) is 1. The summed E-state index contributed by atoms with van der Waals surface area (Å²) in [6, 6.07) is 6.76. The van der Waals surface area contributed by atoms with Gasteiger partial charge in [0.05, 0.1) is 6.10 Å². The van der Waals surface area contributed by atoms with Crippen LogP contribution in [0.5, 0.6) is 5.75 Å². The highest BCUT2D eigenvalue weighted by molar-refractivity contribution is 9.10. The number of methoxy groups -OCH3 is 1. The molecule has 1 saturated carbocycles. The topological polar surface area (TPSA) is 30.5 Å². The van der Waals surface area contributed by atoms with Crippen LogP contribution in [0.3, 0.4) is 0 Å². The van der Waals surface area contributed by atoms with Crippen LogP contribution in [-0.4, -0.2) is 25.4 Å². The fourth-order valence-corrected chi connectivity index (χ4v) is 4.16. The smallest absolute Gasteiger partial charge is 0.126 e. The molecule has 1 aromatic rings. The van der Waals surface area contributed by atoms with Gasteiger partial charge < -0.3 is 14.8 Å². The van der Waals surface area contributed by atoms with Crippen molar-refractivity contribution in [1.29, 1.82) is 0 Å². The van der Waals surface area contributed by atoms with Crippen molar-refractivity contribution in [2.24, 2.45) is 0 Å². The summed E-state index contributed by atoms with van der Waals surface area (Å²) in [6.45, 7) is 3.14. The van der Waals surface area contributed by atoms with Gasteiger partial charge in [0.2, 0.25) is 0 Å². The van der Waals surface area contributed by atoms with Gasteiger partial charge in [0.25, 0.3) is 0 Å². The van der Waals surface area contributed by atoms with E-state index in [1.165, 1.54) is 12.0 Å². The van der Waals surface area contributed by atoms with Crippen molar-refractivity contribution in [2.75, 3.05) is 13.7 Å².